The highest BCUT2D eigenvalue weighted by Crippen LogP contribution is 2.19. The molecule has 7 nitrogen and oxygen atoms in total. The van der Waals surface area contributed by atoms with Crippen LogP contribution in [0.25, 0.3) is 0 Å². The Morgan fingerprint density at radius 1 is 1.57 bits per heavy atom. The van der Waals surface area contributed by atoms with E-state index in [1.807, 2.05) is 18.4 Å². The maximum Gasteiger partial charge on any atom is 0.225 e. The van der Waals surface area contributed by atoms with E-state index in [0.29, 0.717) is 13.1 Å². The van der Waals surface area contributed by atoms with E-state index in [1.54, 1.807) is 6.33 Å². The number of carbonyl (C=O) groups is 1. The largest absolute Gasteiger partial charge is 0.361 e. The van der Waals surface area contributed by atoms with Crippen molar-refractivity contribution >= 4 is 5.91 Å². The summed E-state index contributed by atoms with van der Waals surface area (Å²) < 4.78 is 7.13. The quantitative estimate of drug-likeness (QED) is 0.908. The summed E-state index contributed by atoms with van der Waals surface area (Å²) in [6.45, 7) is 5.02. The van der Waals surface area contributed by atoms with Crippen LogP contribution in [-0.2, 0) is 30.7 Å². The first-order chi connectivity index (χ1) is 10.2. The molecule has 3 rings (SSSR count). The molecule has 0 aromatic carbocycles. The Balaban J connectivity index is 1.61. The van der Waals surface area contributed by atoms with Crippen LogP contribution in [-0.4, -0.2) is 25.8 Å². The third-order valence-corrected chi connectivity index (χ3v) is 4.04. The number of aryl methyl sites for hydroxylation is 3. The molecule has 0 radical (unpaired) electrons. The molecule has 0 spiro atoms. The highest BCUT2D eigenvalue weighted by Gasteiger charge is 2.25. The molecular formula is C14H19N5O2. The van der Waals surface area contributed by atoms with Gasteiger partial charge in [-0.15, -0.1) is 10.2 Å². The van der Waals surface area contributed by atoms with Crippen molar-refractivity contribution in [3.05, 3.63) is 29.2 Å². The van der Waals surface area contributed by atoms with Crippen LogP contribution in [0.3, 0.4) is 0 Å². The van der Waals surface area contributed by atoms with Gasteiger partial charge in [0.1, 0.15) is 17.9 Å². The average molecular weight is 289 g/mol. The molecular weight excluding hydrogens is 270 g/mol. The Morgan fingerprint density at radius 3 is 3.24 bits per heavy atom. The van der Waals surface area contributed by atoms with E-state index in [2.05, 4.69) is 20.7 Å². The molecule has 0 saturated carbocycles. The van der Waals surface area contributed by atoms with Gasteiger partial charge < -0.3 is 14.4 Å². The maximum absolute atomic E-state index is 12.3. The fraction of sp³-hybridized carbons (Fsp3) is 0.571. The Hall–Kier alpha value is -2.18. The second-order valence-corrected chi connectivity index (χ2v) is 5.37. The van der Waals surface area contributed by atoms with Crippen LogP contribution in [0.4, 0.5) is 0 Å². The Bertz CT molecular complexity index is 646. The van der Waals surface area contributed by atoms with Crippen molar-refractivity contribution in [2.75, 3.05) is 0 Å². The molecule has 1 atom stereocenters. The first-order valence-electron chi connectivity index (χ1n) is 7.27. The van der Waals surface area contributed by atoms with Crippen molar-refractivity contribution in [1.29, 1.82) is 0 Å². The third kappa shape index (κ3) is 2.68. The van der Waals surface area contributed by atoms with Gasteiger partial charge in [0.15, 0.2) is 0 Å². The number of carbonyl (C=O) groups excluding carboxylic acids is 1. The summed E-state index contributed by atoms with van der Waals surface area (Å²) in [6, 6.07) is 0. The summed E-state index contributed by atoms with van der Waals surface area (Å²) in [6.07, 6.45) is 4.10. The van der Waals surface area contributed by atoms with Crippen molar-refractivity contribution in [2.45, 2.75) is 46.2 Å². The number of aromatic nitrogens is 4. The SMILES string of the molecule is CCc1noc(C)c1CNC(=O)C1CCc2nncn2C1. The summed E-state index contributed by atoms with van der Waals surface area (Å²) in [5.74, 6) is 1.77. The van der Waals surface area contributed by atoms with Gasteiger partial charge in [0.2, 0.25) is 5.91 Å². The maximum atomic E-state index is 12.3. The van der Waals surface area contributed by atoms with Crippen LogP contribution in [0.2, 0.25) is 0 Å². The number of hydrogen-bond donors (Lipinski definition) is 1. The Morgan fingerprint density at radius 2 is 2.43 bits per heavy atom. The van der Waals surface area contributed by atoms with E-state index in [9.17, 15) is 4.79 Å². The predicted molar refractivity (Wildman–Crippen MR) is 74.3 cm³/mol. The van der Waals surface area contributed by atoms with Crippen molar-refractivity contribution in [2.24, 2.45) is 5.92 Å². The van der Waals surface area contributed by atoms with Gasteiger partial charge in [-0.25, -0.2) is 0 Å². The van der Waals surface area contributed by atoms with Gasteiger partial charge in [0.25, 0.3) is 0 Å². The zero-order chi connectivity index (χ0) is 14.8. The number of hydrogen-bond acceptors (Lipinski definition) is 5. The molecule has 0 bridgehead atoms. The number of fused-ring (bicyclic) bond motifs is 1. The van der Waals surface area contributed by atoms with Crippen LogP contribution >= 0.6 is 0 Å². The van der Waals surface area contributed by atoms with Crippen LogP contribution in [0.5, 0.6) is 0 Å². The highest BCUT2D eigenvalue weighted by molar-refractivity contribution is 5.78. The standard InChI is InChI=1S/C14H19N5O2/c1-3-12-11(9(2)21-18-12)6-15-14(20)10-4-5-13-17-16-8-19(13)7-10/h8,10H,3-7H2,1-2H3,(H,15,20). The van der Waals surface area contributed by atoms with E-state index < -0.39 is 0 Å². The van der Waals surface area contributed by atoms with E-state index in [-0.39, 0.29) is 11.8 Å². The molecule has 1 amide bonds. The fourth-order valence-corrected chi connectivity index (χ4v) is 2.73. The molecule has 2 aromatic rings. The van der Waals surface area contributed by atoms with E-state index in [4.69, 9.17) is 4.52 Å². The van der Waals surface area contributed by atoms with Gasteiger partial charge in [-0.1, -0.05) is 12.1 Å². The molecule has 0 aliphatic carbocycles. The van der Waals surface area contributed by atoms with E-state index in [0.717, 1.165) is 42.1 Å². The number of nitrogens with one attached hydrogen (secondary N) is 1. The Kier molecular flexibility index (Phi) is 3.72. The van der Waals surface area contributed by atoms with Crippen molar-refractivity contribution in [1.82, 2.24) is 25.2 Å². The summed E-state index contributed by atoms with van der Waals surface area (Å²) >= 11 is 0. The fourth-order valence-electron chi connectivity index (χ4n) is 2.73. The highest BCUT2D eigenvalue weighted by atomic mass is 16.5. The van der Waals surface area contributed by atoms with Crippen molar-refractivity contribution in [3.63, 3.8) is 0 Å². The summed E-state index contributed by atoms with van der Waals surface area (Å²) in [4.78, 5) is 12.3. The molecule has 0 saturated heterocycles. The Labute approximate surface area is 122 Å². The van der Waals surface area contributed by atoms with Gasteiger partial charge >= 0.3 is 0 Å². The molecule has 1 unspecified atom stereocenters. The minimum absolute atomic E-state index is 0.0289. The van der Waals surface area contributed by atoms with Gasteiger partial charge in [-0.3, -0.25) is 4.79 Å². The number of nitrogens with zero attached hydrogens (tertiary/aromatic N) is 4. The summed E-state index contributed by atoms with van der Waals surface area (Å²) in [7, 11) is 0. The lowest BCUT2D eigenvalue weighted by molar-refractivity contribution is -0.126. The second kappa shape index (κ2) is 5.67. The molecule has 112 valence electrons. The van der Waals surface area contributed by atoms with Crippen LogP contribution in [0.1, 0.15) is 36.2 Å². The molecule has 3 heterocycles. The molecule has 1 aliphatic rings. The third-order valence-electron chi connectivity index (χ3n) is 4.04. The van der Waals surface area contributed by atoms with E-state index >= 15 is 0 Å². The second-order valence-electron chi connectivity index (χ2n) is 5.37. The first kappa shape index (κ1) is 13.8. The topological polar surface area (TPSA) is 85.8 Å². The van der Waals surface area contributed by atoms with Crippen molar-refractivity contribution in [3.8, 4) is 0 Å². The smallest absolute Gasteiger partial charge is 0.225 e. The lowest BCUT2D eigenvalue weighted by Gasteiger charge is -2.22. The first-order valence-corrected chi connectivity index (χ1v) is 7.27. The average Bonchev–Trinajstić information content (AvgIpc) is 3.10. The zero-order valence-corrected chi connectivity index (χ0v) is 12.3. The van der Waals surface area contributed by atoms with Crippen LogP contribution < -0.4 is 5.32 Å². The van der Waals surface area contributed by atoms with Crippen molar-refractivity contribution < 1.29 is 9.32 Å². The number of amides is 1. The van der Waals surface area contributed by atoms with Gasteiger partial charge in [0.05, 0.1) is 11.6 Å². The summed E-state index contributed by atoms with van der Waals surface area (Å²) in [5, 5.41) is 14.9. The number of rotatable bonds is 4. The lowest BCUT2D eigenvalue weighted by Crippen LogP contribution is -2.35. The van der Waals surface area contributed by atoms with Gasteiger partial charge in [-0.05, 0) is 19.8 Å². The molecule has 0 fully saturated rings. The summed E-state index contributed by atoms with van der Waals surface area (Å²) in [5.41, 5.74) is 1.91. The molecule has 7 heteroatoms. The minimum Gasteiger partial charge on any atom is -0.361 e. The molecule has 21 heavy (non-hydrogen) atoms. The van der Waals surface area contributed by atoms with Gasteiger partial charge in [0, 0.05) is 25.1 Å². The van der Waals surface area contributed by atoms with Gasteiger partial charge in [-0.2, -0.15) is 0 Å². The monoisotopic (exact) mass is 289 g/mol. The zero-order valence-electron chi connectivity index (χ0n) is 12.3. The lowest BCUT2D eigenvalue weighted by atomic mass is 9.98. The van der Waals surface area contributed by atoms with E-state index in [1.165, 1.54) is 0 Å². The van der Waals surface area contributed by atoms with Crippen LogP contribution in [0, 0.1) is 12.8 Å². The molecule has 1 N–H and O–H groups in total. The molecule has 1 aliphatic heterocycles. The van der Waals surface area contributed by atoms with Crippen LogP contribution in [0.15, 0.2) is 10.9 Å². The minimum atomic E-state index is -0.0289. The molecule has 2 aromatic heterocycles. The predicted octanol–water partition coefficient (Wildman–Crippen LogP) is 1.02. The normalized spacial score (nSPS) is 17.5.